The Morgan fingerprint density at radius 1 is 1.00 bits per heavy atom. The van der Waals surface area contributed by atoms with Gasteiger partial charge in [-0.15, -0.1) is 0 Å². The number of rotatable bonds is 7. The van der Waals surface area contributed by atoms with Gasteiger partial charge in [0, 0.05) is 17.3 Å². The molecule has 1 aliphatic rings. The van der Waals surface area contributed by atoms with E-state index in [4.69, 9.17) is 0 Å². The van der Waals surface area contributed by atoms with Gasteiger partial charge in [0.25, 0.3) is 0 Å². The predicted molar refractivity (Wildman–Crippen MR) is 119 cm³/mol. The number of benzene rings is 3. The molecule has 0 radical (unpaired) electrons. The van der Waals surface area contributed by atoms with Crippen LogP contribution in [0.25, 0.3) is 0 Å². The molecule has 0 spiro atoms. The van der Waals surface area contributed by atoms with Gasteiger partial charge >= 0.3 is 6.03 Å². The average molecular weight is 436 g/mol. The Labute approximate surface area is 185 Å². The molecule has 1 fully saturated rings. The molecule has 0 aliphatic carbocycles. The number of aromatic hydroxyl groups is 2. The van der Waals surface area contributed by atoms with Crippen molar-refractivity contribution in [2.24, 2.45) is 0 Å². The second kappa shape index (κ2) is 9.28. The lowest BCUT2D eigenvalue weighted by molar-refractivity contribution is 0.162. The van der Waals surface area contributed by atoms with Gasteiger partial charge in [0.05, 0.1) is 18.2 Å². The molecule has 0 unspecified atom stereocenters. The van der Waals surface area contributed by atoms with Crippen molar-refractivity contribution in [2.45, 2.75) is 37.5 Å². The fourth-order valence-electron chi connectivity index (χ4n) is 4.23. The van der Waals surface area contributed by atoms with Gasteiger partial charge in [-0.05, 0) is 61.2 Å². The molecule has 0 saturated carbocycles. The number of carbonyl (C=O) groups is 1. The number of carbonyl (C=O) groups excluding carboxylic acids is 1. The van der Waals surface area contributed by atoms with E-state index in [0.29, 0.717) is 36.1 Å². The van der Waals surface area contributed by atoms with Crippen molar-refractivity contribution in [3.8, 4) is 11.5 Å². The van der Waals surface area contributed by atoms with Crippen LogP contribution < -0.4 is 10.2 Å². The van der Waals surface area contributed by atoms with E-state index < -0.39 is 12.1 Å². The van der Waals surface area contributed by atoms with Crippen molar-refractivity contribution in [1.29, 1.82) is 0 Å². The smallest absolute Gasteiger partial charge is 0.322 e. The maximum Gasteiger partial charge on any atom is 0.322 e. The normalized spacial score (nSPS) is 19.1. The topological polar surface area (TPSA) is 93.0 Å². The van der Waals surface area contributed by atoms with E-state index in [1.807, 2.05) is 30.3 Å². The lowest BCUT2D eigenvalue weighted by Gasteiger charge is -2.28. The van der Waals surface area contributed by atoms with Crippen molar-refractivity contribution >= 4 is 11.7 Å². The van der Waals surface area contributed by atoms with Crippen LogP contribution in [-0.2, 0) is 0 Å². The van der Waals surface area contributed by atoms with Crippen molar-refractivity contribution in [1.82, 2.24) is 5.32 Å². The lowest BCUT2D eigenvalue weighted by atomic mass is 9.93. The highest BCUT2D eigenvalue weighted by Crippen LogP contribution is 2.40. The number of phenols is 2. The molecular weight excluding hydrogens is 411 g/mol. The molecule has 0 aromatic heterocycles. The van der Waals surface area contributed by atoms with Gasteiger partial charge in [0.15, 0.2) is 0 Å². The number of urea groups is 1. The minimum Gasteiger partial charge on any atom is -0.508 e. The van der Waals surface area contributed by atoms with Crippen molar-refractivity contribution in [3.05, 3.63) is 89.7 Å². The highest BCUT2D eigenvalue weighted by atomic mass is 19.1. The zero-order valence-corrected chi connectivity index (χ0v) is 17.4. The van der Waals surface area contributed by atoms with Crippen LogP contribution in [0.2, 0.25) is 0 Å². The molecule has 3 aromatic carbocycles. The molecule has 6 nitrogen and oxygen atoms in total. The number of nitrogens with one attached hydrogen (secondary N) is 1. The number of aliphatic hydroxyl groups is 1. The second-order valence-corrected chi connectivity index (χ2v) is 7.95. The summed E-state index contributed by atoms with van der Waals surface area (Å²) in [5.74, 6) is -0.510. The molecule has 1 aliphatic heterocycles. The monoisotopic (exact) mass is 436 g/mol. The first-order valence-corrected chi connectivity index (χ1v) is 10.5. The zero-order valence-electron chi connectivity index (χ0n) is 17.4. The summed E-state index contributed by atoms with van der Waals surface area (Å²) in [5, 5.41) is 33.6. The molecule has 4 rings (SSSR count). The number of amides is 2. The minimum absolute atomic E-state index is 0.0613. The van der Waals surface area contributed by atoms with Crippen LogP contribution in [0.4, 0.5) is 14.9 Å². The quantitative estimate of drug-likeness (QED) is 0.429. The maximum absolute atomic E-state index is 13.1. The fraction of sp³-hybridized carbons (Fsp3) is 0.240. The molecule has 1 heterocycles. The number of hydrogen-bond acceptors (Lipinski definition) is 4. The second-order valence-electron chi connectivity index (χ2n) is 7.95. The summed E-state index contributed by atoms with van der Waals surface area (Å²) in [4.78, 5) is 14.5. The molecule has 3 atom stereocenters. The van der Waals surface area contributed by atoms with Crippen LogP contribution in [0, 0.1) is 5.82 Å². The summed E-state index contributed by atoms with van der Waals surface area (Å²) in [5.41, 5.74) is 1.85. The molecule has 7 heteroatoms. The highest BCUT2D eigenvalue weighted by Gasteiger charge is 2.42. The molecule has 4 N–H and O–H groups in total. The first-order valence-electron chi connectivity index (χ1n) is 10.5. The van der Waals surface area contributed by atoms with Gasteiger partial charge in [-0.25, -0.2) is 9.18 Å². The van der Waals surface area contributed by atoms with Gasteiger partial charge in [0.1, 0.15) is 17.3 Å². The molecule has 2 amide bonds. The Balaban J connectivity index is 1.54. The van der Waals surface area contributed by atoms with E-state index in [0.717, 1.165) is 0 Å². The number of anilines is 1. The Morgan fingerprint density at radius 3 is 2.41 bits per heavy atom. The van der Waals surface area contributed by atoms with E-state index in [-0.39, 0.29) is 29.4 Å². The van der Waals surface area contributed by atoms with Crippen LogP contribution >= 0.6 is 0 Å². The van der Waals surface area contributed by atoms with E-state index >= 15 is 0 Å². The van der Waals surface area contributed by atoms with Crippen molar-refractivity contribution in [3.63, 3.8) is 0 Å². The summed E-state index contributed by atoms with van der Waals surface area (Å²) in [6.07, 6.45) is 0.857. The summed E-state index contributed by atoms with van der Waals surface area (Å²) in [6.45, 7) is 0. The van der Waals surface area contributed by atoms with E-state index in [1.165, 1.54) is 24.3 Å². The van der Waals surface area contributed by atoms with E-state index in [9.17, 15) is 24.5 Å². The van der Waals surface area contributed by atoms with Gasteiger partial charge in [-0.3, -0.25) is 4.90 Å². The van der Waals surface area contributed by atoms with Gasteiger partial charge < -0.3 is 20.6 Å². The Hall–Kier alpha value is -3.58. The number of aliphatic hydroxyl groups excluding tert-OH is 1. The standard InChI is InChI=1S/C25H25FN2O4/c26-17-11-9-16(10-12-17)22(30)8-4-7-21-24(20-14-13-19(29)15-23(20)31)28(25(32)27-21)18-5-2-1-3-6-18/h1-3,5-6,9-15,21-22,24,29-31H,4,7-8H2,(H,27,32)/t21-,22-,24-/m1/s1. The highest BCUT2D eigenvalue weighted by molar-refractivity contribution is 5.96. The number of hydrogen-bond donors (Lipinski definition) is 4. The lowest BCUT2D eigenvalue weighted by Crippen LogP contribution is -2.29. The molecular formula is C25H25FN2O4. The first kappa shape index (κ1) is 21.6. The Kier molecular flexibility index (Phi) is 6.28. The van der Waals surface area contributed by atoms with Crippen LogP contribution in [0.3, 0.4) is 0 Å². The fourth-order valence-corrected chi connectivity index (χ4v) is 4.23. The van der Waals surface area contributed by atoms with Crippen molar-refractivity contribution in [2.75, 3.05) is 4.90 Å². The number of para-hydroxylation sites is 1. The number of phenolic OH excluding ortho intramolecular Hbond substituents is 2. The van der Waals surface area contributed by atoms with E-state index in [1.54, 1.807) is 23.1 Å². The summed E-state index contributed by atoms with van der Waals surface area (Å²) < 4.78 is 13.1. The van der Waals surface area contributed by atoms with Crippen LogP contribution in [0.1, 0.15) is 42.5 Å². The van der Waals surface area contributed by atoms with E-state index in [2.05, 4.69) is 5.32 Å². The zero-order chi connectivity index (χ0) is 22.7. The third kappa shape index (κ3) is 4.53. The summed E-state index contributed by atoms with van der Waals surface area (Å²) in [7, 11) is 0. The Morgan fingerprint density at radius 2 is 1.72 bits per heavy atom. The van der Waals surface area contributed by atoms with Gasteiger partial charge in [0.2, 0.25) is 0 Å². The van der Waals surface area contributed by atoms with Crippen LogP contribution in [-0.4, -0.2) is 27.4 Å². The third-order valence-electron chi connectivity index (χ3n) is 5.80. The SMILES string of the molecule is O=C1N[C@H](CCC[C@@H](O)c2ccc(F)cc2)[C@@H](c2ccc(O)cc2O)N1c1ccccc1. The first-order chi connectivity index (χ1) is 15.4. The number of halogens is 1. The molecule has 166 valence electrons. The maximum atomic E-state index is 13.1. The average Bonchev–Trinajstić information content (AvgIpc) is 3.10. The summed E-state index contributed by atoms with van der Waals surface area (Å²) >= 11 is 0. The predicted octanol–water partition coefficient (Wildman–Crippen LogP) is 4.78. The third-order valence-corrected chi connectivity index (χ3v) is 5.80. The molecule has 1 saturated heterocycles. The van der Waals surface area contributed by atoms with Crippen molar-refractivity contribution < 1.29 is 24.5 Å². The van der Waals surface area contributed by atoms with Crippen LogP contribution in [0.15, 0.2) is 72.8 Å². The van der Waals surface area contributed by atoms with Gasteiger partial charge in [-0.1, -0.05) is 30.3 Å². The summed E-state index contributed by atoms with van der Waals surface area (Å²) in [6, 6.07) is 18.2. The molecule has 0 bridgehead atoms. The largest absolute Gasteiger partial charge is 0.508 e. The molecule has 32 heavy (non-hydrogen) atoms. The van der Waals surface area contributed by atoms with Crippen LogP contribution in [0.5, 0.6) is 11.5 Å². The molecule has 3 aromatic rings. The Bertz CT molecular complexity index is 1080. The minimum atomic E-state index is -0.738. The number of nitrogens with zero attached hydrogens (tertiary/aromatic N) is 1. The van der Waals surface area contributed by atoms with Gasteiger partial charge in [-0.2, -0.15) is 0 Å².